The van der Waals surface area contributed by atoms with Crippen LogP contribution in [0.3, 0.4) is 0 Å². The van der Waals surface area contributed by atoms with Crippen LogP contribution in [0.15, 0.2) is 30.3 Å². The molecule has 0 amide bonds. The van der Waals surface area contributed by atoms with Crippen LogP contribution in [-0.2, 0) is 0 Å². The van der Waals surface area contributed by atoms with Crippen LogP contribution in [0.4, 0.5) is 4.39 Å². The van der Waals surface area contributed by atoms with Crippen LogP contribution in [0, 0.1) is 44.9 Å². The van der Waals surface area contributed by atoms with Crippen LogP contribution in [0.5, 0.6) is 5.75 Å². The minimum absolute atomic E-state index is 0.0647. The molecule has 2 nitrogen and oxygen atoms in total. The number of aryl methyl sites for hydroxylation is 3. The van der Waals surface area contributed by atoms with Crippen molar-refractivity contribution in [1.29, 1.82) is 0 Å². The van der Waals surface area contributed by atoms with E-state index in [1.54, 1.807) is 24.5 Å². The number of halogens is 2. The molecule has 3 aromatic rings. The van der Waals surface area contributed by atoms with Gasteiger partial charge >= 0.3 is 0 Å². The van der Waals surface area contributed by atoms with Crippen LogP contribution >= 0.6 is 22.9 Å². The minimum Gasteiger partial charge on any atom is -0.496 e. The third-order valence-corrected chi connectivity index (χ3v) is 8.45. The zero-order valence-electron chi connectivity index (χ0n) is 24.3. The van der Waals surface area contributed by atoms with Crippen LogP contribution in [0.25, 0.3) is 11.3 Å². The maximum absolute atomic E-state index is 13.3. The number of terminal acetylenes is 1. The number of thiazole rings is 1. The Morgan fingerprint density at radius 3 is 2.29 bits per heavy atom. The molecular formula is C33H43ClFNOS. The van der Waals surface area contributed by atoms with E-state index >= 15 is 0 Å². The number of benzene rings is 2. The minimum atomic E-state index is -0.0647. The number of nitrogens with zero attached hydrogens (tertiary/aromatic N) is 1. The fourth-order valence-corrected chi connectivity index (χ4v) is 5.34. The largest absolute Gasteiger partial charge is 0.496 e. The van der Waals surface area contributed by atoms with Gasteiger partial charge in [-0.25, -0.2) is 9.37 Å². The zero-order chi connectivity index (χ0) is 28.4. The van der Waals surface area contributed by atoms with Crippen molar-refractivity contribution < 1.29 is 9.13 Å². The Balaban J connectivity index is 0.000000244. The second-order valence-corrected chi connectivity index (χ2v) is 11.9. The first-order valence-electron chi connectivity index (χ1n) is 13.6. The Labute approximate surface area is 239 Å². The maximum atomic E-state index is 13.3. The Bertz CT molecular complexity index is 1220. The van der Waals surface area contributed by atoms with Gasteiger partial charge in [-0.15, -0.1) is 23.7 Å². The molecule has 1 saturated carbocycles. The molecule has 1 aliphatic rings. The van der Waals surface area contributed by atoms with E-state index in [2.05, 4.69) is 45.7 Å². The third kappa shape index (κ3) is 9.14. The number of hydrogen-bond acceptors (Lipinski definition) is 3. The molecular weight excluding hydrogens is 513 g/mol. The lowest BCUT2D eigenvalue weighted by molar-refractivity contribution is 0.412. The predicted octanol–water partition coefficient (Wildman–Crippen LogP) is 10.7. The molecule has 2 aromatic carbocycles. The average molecular weight is 556 g/mol. The van der Waals surface area contributed by atoms with E-state index in [4.69, 9.17) is 27.7 Å². The first-order valence-corrected chi connectivity index (χ1v) is 14.8. The van der Waals surface area contributed by atoms with Gasteiger partial charge in [0, 0.05) is 22.8 Å². The topological polar surface area (TPSA) is 22.1 Å². The summed E-state index contributed by atoms with van der Waals surface area (Å²) in [7, 11) is 1.66. The van der Waals surface area contributed by atoms with Crippen molar-refractivity contribution in [2.75, 3.05) is 7.11 Å². The summed E-state index contributed by atoms with van der Waals surface area (Å²) in [5.41, 5.74) is 4.96. The van der Waals surface area contributed by atoms with E-state index in [0.29, 0.717) is 16.9 Å². The lowest BCUT2D eigenvalue weighted by atomic mass is 9.94. The maximum Gasteiger partial charge on any atom is 0.126 e. The van der Waals surface area contributed by atoms with Crippen LogP contribution < -0.4 is 4.74 Å². The van der Waals surface area contributed by atoms with Crippen molar-refractivity contribution in [2.45, 2.75) is 92.4 Å². The van der Waals surface area contributed by atoms with Gasteiger partial charge < -0.3 is 4.74 Å². The molecule has 206 valence electrons. The predicted molar refractivity (Wildman–Crippen MR) is 163 cm³/mol. The van der Waals surface area contributed by atoms with E-state index in [0.717, 1.165) is 52.5 Å². The molecule has 4 rings (SSSR count). The summed E-state index contributed by atoms with van der Waals surface area (Å²) in [6, 6.07) is 9.57. The van der Waals surface area contributed by atoms with Gasteiger partial charge in [-0.05, 0) is 80.3 Å². The molecule has 1 fully saturated rings. The molecule has 0 radical (unpaired) electrons. The molecule has 5 heteroatoms. The summed E-state index contributed by atoms with van der Waals surface area (Å²) in [6.07, 6.45) is 10.7. The molecule has 0 bridgehead atoms. The lowest BCUT2D eigenvalue weighted by Crippen LogP contribution is -1.96. The van der Waals surface area contributed by atoms with E-state index in [1.165, 1.54) is 29.1 Å². The van der Waals surface area contributed by atoms with E-state index in [9.17, 15) is 4.39 Å². The molecule has 2 atom stereocenters. The summed E-state index contributed by atoms with van der Waals surface area (Å²) < 4.78 is 18.6. The first kappa shape index (κ1) is 31.9. The Hall–Kier alpha value is -2.35. The summed E-state index contributed by atoms with van der Waals surface area (Å²) in [5.74, 6) is 5.09. The number of aromatic nitrogens is 1. The van der Waals surface area contributed by atoms with Gasteiger partial charge in [-0.1, -0.05) is 64.3 Å². The highest BCUT2D eigenvalue weighted by atomic mass is 35.5. The summed E-state index contributed by atoms with van der Waals surface area (Å²) in [5, 5.41) is 1.88. The van der Waals surface area contributed by atoms with Gasteiger partial charge in [0.05, 0.1) is 22.8 Å². The first-order chi connectivity index (χ1) is 18.1. The van der Waals surface area contributed by atoms with E-state index in [1.807, 2.05) is 32.9 Å². The van der Waals surface area contributed by atoms with Gasteiger partial charge in [0.25, 0.3) is 0 Å². The van der Waals surface area contributed by atoms with Gasteiger partial charge in [0.2, 0.25) is 0 Å². The van der Waals surface area contributed by atoms with Gasteiger partial charge in [-0.2, -0.15) is 0 Å². The fourth-order valence-electron chi connectivity index (χ4n) is 4.02. The van der Waals surface area contributed by atoms with Crippen molar-refractivity contribution in [1.82, 2.24) is 4.98 Å². The highest BCUT2D eigenvalue weighted by Gasteiger charge is 2.24. The molecule has 0 saturated heterocycles. The van der Waals surface area contributed by atoms with Crippen molar-refractivity contribution in [3.05, 3.63) is 67.7 Å². The molecule has 1 aliphatic carbocycles. The number of rotatable bonds is 7. The van der Waals surface area contributed by atoms with Crippen molar-refractivity contribution in [2.24, 2.45) is 5.92 Å². The summed E-state index contributed by atoms with van der Waals surface area (Å²) >= 11 is 8.16. The normalized spacial score (nSPS) is 13.8. The molecule has 38 heavy (non-hydrogen) atoms. The van der Waals surface area contributed by atoms with Crippen LogP contribution in [0.1, 0.15) is 98.2 Å². The SMILES string of the molecule is C#CCC.CCC(C)c1nc(-c2cc(C)c(OC)cc2Cl)c(C)s1.Cc1ccc(C(C)CC2CC2)cc1F. The Kier molecular flexibility index (Phi) is 12.8. The molecule has 1 aromatic heterocycles. The number of methoxy groups -OCH3 is 1. The molecule has 0 aliphatic heterocycles. The second-order valence-electron chi connectivity index (χ2n) is 10.2. The summed E-state index contributed by atoms with van der Waals surface area (Å²) in [4.78, 5) is 6.02. The van der Waals surface area contributed by atoms with E-state index < -0.39 is 0 Å². The van der Waals surface area contributed by atoms with Crippen LogP contribution in [0.2, 0.25) is 5.02 Å². The zero-order valence-corrected chi connectivity index (χ0v) is 25.8. The van der Waals surface area contributed by atoms with Gasteiger partial charge in [-0.3, -0.25) is 0 Å². The molecule has 2 unspecified atom stereocenters. The molecule has 0 spiro atoms. The Morgan fingerprint density at radius 2 is 1.76 bits per heavy atom. The monoisotopic (exact) mass is 555 g/mol. The summed E-state index contributed by atoms with van der Waals surface area (Å²) in [6.45, 7) is 14.5. The quantitative estimate of drug-likeness (QED) is 0.270. The highest BCUT2D eigenvalue weighted by Crippen LogP contribution is 2.39. The molecule has 1 heterocycles. The standard InChI is InChI=1S/C16H20ClNOS.C13H17F.C4H6/c1-6-9(2)16-18-15(11(4)20-16)12-7-10(3)14(19-5)8-13(12)17;1-9-3-6-12(8-13(9)14)10(2)7-11-4-5-11;1-3-4-2/h7-9H,6H2,1-5H3;3,6,8,10-11H,4-5,7H2,1-2H3;1H,4H2,2H3. The van der Waals surface area contributed by atoms with Crippen molar-refractivity contribution in [3.63, 3.8) is 0 Å². The lowest BCUT2D eigenvalue weighted by Gasteiger charge is -2.11. The van der Waals surface area contributed by atoms with Crippen molar-refractivity contribution in [3.8, 4) is 29.4 Å². The van der Waals surface area contributed by atoms with E-state index in [-0.39, 0.29) is 5.82 Å². The number of hydrogen-bond donors (Lipinski definition) is 0. The second kappa shape index (κ2) is 15.3. The third-order valence-electron chi connectivity index (χ3n) is 6.94. The van der Waals surface area contributed by atoms with Gasteiger partial charge in [0.1, 0.15) is 11.6 Å². The average Bonchev–Trinajstić information content (AvgIpc) is 3.64. The van der Waals surface area contributed by atoms with Crippen molar-refractivity contribution >= 4 is 22.9 Å². The smallest absolute Gasteiger partial charge is 0.126 e. The fraction of sp³-hybridized carbons (Fsp3) is 0.485. The molecule has 0 N–H and O–H groups in total. The number of ether oxygens (including phenoxy) is 1. The highest BCUT2D eigenvalue weighted by molar-refractivity contribution is 7.12. The Morgan fingerprint density at radius 1 is 1.11 bits per heavy atom. The van der Waals surface area contributed by atoms with Crippen LogP contribution in [-0.4, -0.2) is 12.1 Å². The van der Waals surface area contributed by atoms with Gasteiger partial charge in [0.15, 0.2) is 0 Å².